The second-order valence-electron chi connectivity index (χ2n) is 8.58. The average Bonchev–Trinajstić information content (AvgIpc) is 2.81. The number of rotatable bonds is 6. The van der Waals surface area contributed by atoms with Crippen molar-refractivity contribution in [2.75, 3.05) is 29.5 Å². The van der Waals surface area contributed by atoms with Gasteiger partial charge < -0.3 is 10.1 Å². The maximum Gasteiger partial charge on any atom is 0.153 e. The van der Waals surface area contributed by atoms with E-state index in [1.807, 2.05) is 31.2 Å². The van der Waals surface area contributed by atoms with Crippen molar-refractivity contribution in [3.8, 4) is 0 Å². The van der Waals surface area contributed by atoms with Crippen LogP contribution in [0.3, 0.4) is 0 Å². The molecule has 0 bridgehead atoms. The van der Waals surface area contributed by atoms with Gasteiger partial charge in [-0.2, -0.15) is 0 Å². The van der Waals surface area contributed by atoms with Crippen molar-refractivity contribution < 1.29 is 13.6 Å². The summed E-state index contributed by atoms with van der Waals surface area (Å²) in [5.74, 6) is 0.395. The van der Waals surface area contributed by atoms with Gasteiger partial charge in [-0.05, 0) is 54.8 Å². The standard InChI is InChI=1S/C26H29N3O3S/c1-19-5-3-4-6-24(19)25(18-26(28-30)22-11-12-27-20(2)17-22)21-7-9-23(10-8-21)29-13-15-33(31,32)16-14-29/h3-12,17,25,30H,13-16,18H2,1-2H3/b28-26+. The highest BCUT2D eigenvalue weighted by molar-refractivity contribution is 7.91. The van der Waals surface area contributed by atoms with Gasteiger partial charge in [0.1, 0.15) is 0 Å². The van der Waals surface area contributed by atoms with Crippen LogP contribution in [0, 0.1) is 13.8 Å². The Bertz CT molecular complexity index is 1240. The second-order valence-corrected chi connectivity index (χ2v) is 10.9. The minimum atomic E-state index is -2.91. The molecule has 1 saturated heterocycles. The lowest BCUT2D eigenvalue weighted by atomic mass is 9.83. The summed E-state index contributed by atoms with van der Waals surface area (Å²) in [4.78, 5) is 6.37. The molecule has 1 N–H and O–H groups in total. The molecule has 0 aliphatic carbocycles. The highest BCUT2D eigenvalue weighted by Gasteiger charge is 2.23. The largest absolute Gasteiger partial charge is 0.411 e. The van der Waals surface area contributed by atoms with E-state index >= 15 is 0 Å². The van der Waals surface area contributed by atoms with Crippen LogP contribution in [0.5, 0.6) is 0 Å². The summed E-state index contributed by atoms with van der Waals surface area (Å²) in [5.41, 5.74) is 6.84. The first-order chi connectivity index (χ1) is 15.9. The van der Waals surface area contributed by atoms with E-state index in [0.29, 0.717) is 25.2 Å². The first-order valence-electron chi connectivity index (χ1n) is 11.1. The van der Waals surface area contributed by atoms with Gasteiger partial charge in [-0.15, -0.1) is 0 Å². The van der Waals surface area contributed by atoms with E-state index in [-0.39, 0.29) is 17.4 Å². The molecule has 1 aliphatic heterocycles. The third-order valence-corrected chi connectivity index (χ3v) is 7.93. The molecule has 0 radical (unpaired) electrons. The first-order valence-corrected chi connectivity index (χ1v) is 12.9. The molecule has 1 atom stereocenters. The number of aryl methyl sites for hydroxylation is 2. The molecule has 1 aliphatic rings. The van der Waals surface area contributed by atoms with Crippen LogP contribution >= 0.6 is 0 Å². The van der Waals surface area contributed by atoms with Crippen LogP contribution in [-0.4, -0.2) is 48.9 Å². The number of hydrogen-bond donors (Lipinski definition) is 1. The number of oxime groups is 1. The van der Waals surface area contributed by atoms with Gasteiger partial charge in [0.15, 0.2) is 9.84 Å². The number of nitrogens with zero attached hydrogens (tertiary/aromatic N) is 3. The fraction of sp³-hybridized carbons (Fsp3) is 0.308. The predicted octanol–water partition coefficient (Wildman–Crippen LogP) is 4.33. The molecule has 1 unspecified atom stereocenters. The first kappa shape index (κ1) is 23.0. The van der Waals surface area contributed by atoms with Gasteiger partial charge in [-0.25, -0.2) is 8.42 Å². The molecular formula is C26H29N3O3S. The Labute approximate surface area is 195 Å². The van der Waals surface area contributed by atoms with E-state index in [1.54, 1.807) is 6.20 Å². The molecule has 3 aromatic rings. The van der Waals surface area contributed by atoms with Gasteiger partial charge in [-0.1, -0.05) is 41.6 Å². The van der Waals surface area contributed by atoms with Gasteiger partial charge in [0.2, 0.25) is 0 Å². The Balaban J connectivity index is 1.65. The van der Waals surface area contributed by atoms with Crippen LogP contribution in [-0.2, 0) is 9.84 Å². The highest BCUT2D eigenvalue weighted by Crippen LogP contribution is 2.33. The Morgan fingerprint density at radius 1 is 1.06 bits per heavy atom. The fourth-order valence-corrected chi connectivity index (χ4v) is 5.61. The van der Waals surface area contributed by atoms with Crippen LogP contribution in [0.2, 0.25) is 0 Å². The van der Waals surface area contributed by atoms with E-state index in [2.05, 4.69) is 58.4 Å². The molecule has 4 rings (SSSR count). The average molecular weight is 464 g/mol. The molecular weight excluding hydrogens is 434 g/mol. The van der Waals surface area contributed by atoms with E-state index in [9.17, 15) is 13.6 Å². The Morgan fingerprint density at radius 3 is 2.39 bits per heavy atom. The Hall–Kier alpha value is -3.19. The zero-order chi connectivity index (χ0) is 23.4. The van der Waals surface area contributed by atoms with Crippen molar-refractivity contribution in [1.29, 1.82) is 0 Å². The summed E-state index contributed by atoms with van der Waals surface area (Å²) in [7, 11) is -2.91. The van der Waals surface area contributed by atoms with E-state index in [4.69, 9.17) is 0 Å². The molecule has 0 spiro atoms. The zero-order valence-corrected chi connectivity index (χ0v) is 19.8. The monoisotopic (exact) mass is 463 g/mol. The zero-order valence-electron chi connectivity index (χ0n) is 19.0. The van der Waals surface area contributed by atoms with E-state index in [1.165, 1.54) is 11.1 Å². The Morgan fingerprint density at radius 2 is 1.76 bits per heavy atom. The number of pyridine rings is 1. The lowest BCUT2D eigenvalue weighted by molar-refractivity contribution is 0.317. The third kappa shape index (κ3) is 5.42. The summed E-state index contributed by atoms with van der Waals surface area (Å²) in [6.45, 7) is 5.05. The lowest BCUT2D eigenvalue weighted by Gasteiger charge is -2.29. The molecule has 2 aromatic carbocycles. The minimum Gasteiger partial charge on any atom is -0.411 e. The quantitative estimate of drug-likeness (QED) is 0.334. The molecule has 33 heavy (non-hydrogen) atoms. The SMILES string of the molecule is Cc1cc(/C(CC(c2ccc(N3CCS(=O)(=O)CC3)cc2)c2ccccc2C)=N/O)ccn1. The predicted molar refractivity (Wildman–Crippen MR) is 132 cm³/mol. The molecule has 1 aromatic heterocycles. The van der Waals surface area contributed by atoms with Crippen molar-refractivity contribution >= 4 is 21.2 Å². The number of hydrogen-bond acceptors (Lipinski definition) is 6. The fourth-order valence-electron chi connectivity index (χ4n) is 4.41. The van der Waals surface area contributed by atoms with Gasteiger partial charge in [-0.3, -0.25) is 4.98 Å². The van der Waals surface area contributed by atoms with Gasteiger partial charge >= 0.3 is 0 Å². The normalized spacial score (nSPS) is 17.0. The summed E-state index contributed by atoms with van der Waals surface area (Å²) in [6, 6.07) is 20.4. The summed E-state index contributed by atoms with van der Waals surface area (Å²) < 4.78 is 23.5. The molecule has 0 amide bonds. The van der Waals surface area contributed by atoms with Gasteiger partial charge in [0, 0.05) is 48.6 Å². The highest BCUT2D eigenvalue weighted by atomic mass is 32.2. The van der Waals surface area contributed by atoms with Crippen molar-refractivity contribution in [2.24, 2.45) is 5.16 Å². The second kappa shape index (κ2) is 9.75. The maximum atomic E-state index is 11.8. The summed E-state index contributed by atoms with van der Waals surface area (Å²) in [6.07, 6.45) is 2.26. The smallest absolute Gasteiger partial charge is 0.153 e. The number of sulfone groups is 1. The van der Waals surface area contributed by atoms with Crippen LogP contribution in [0.25, 0.3) is 0 Å². The van der Waals surface area contributed by atoms with Crippen molar-refractivity contribution in [2.45, 2.75) is 26.2 Å². The summed E-state index contributed by atoms with van der Waals surface area (Å²) >= 11 is 0. The maximum absolute atomic E-state index is 11.8. The van der Waals surface area contributed by atoms with Crippen molar-refractivity contribution in [3.63, 3.8) is 0 Å². The van der Waals surface area contributed by atoms with E-state index < -0.39 is 9.84 Å². The molecule has 0 saturated carbocycles. The van der Waals surface area contributed by atoms with Crippen LogP contribution in [0.15, 0.2) is 72.0 Å². The third-order valence-electron chi connectivity index (χ3n) is 6.32. The topological polar surface area (TPSA) is 82.9 Å². The Kier molecular flexibility index (Phi) is 6.79. The van der Waals surface area contributed by atoms with Gasteiger partial charge in [0.05, 0.1) is 17.2 Å². The number of benzene rings is 2. The van der Waals surface area contributed by atoms with Crippen LogP contribution in [0.1, 0.15) is 40.3 Å². The molecule has 2 heterocycles. The molecule has 172 valence electrons. The van der Waals surface area contributed by atoms with Crippen LogP contribution in [0.4, 0.5) is 5.69 Å². The minimum absolute atomic E-state index is 0.00125. The number of aromatic nitrogens is 1. The lowest BCUT2D eigenvalue weighted by Crippen LogP contribution is -2.40. The number of anilines is 1. The summed E-state index contributed by atoms with van der Waals surface area (Å²) in [5, 5.41) is 13.5. The van der Waals surface area contributed by atoms with E-state index in [0.717, 1.165) is 22.5 Å². The van der Waals surface area contributed by atoms with Crippen molar-refractivity contribution in [3.05, 3.63) is 94.8 Å². The molecule has 1 fully saturated rings. The molecule has 7 heteroatoms. The van der Waals surface area contributed by atoms with Gasteiger partial charge in [0.25, 0.3) is 0 Å². The van der Waals surface area contributed by atoms with Crippen LogP contribution < -0.4 is 4.90 Å². The molecule has 6 nitrogen and oxygen atoms in total. The van der Waals surface area contributed by atoms with Crippen molar-refractivity contribution in [1.82, 2.24) is 4.98 Å².